The average molecular weight is 266 g/mol. The average Bonchev–Trinajstić information content (AvgIpc) is 2.38. The number of nitro groups is 1. The van der Waals surface area contributed by atoms with Crippen molar-refractivity contribution >= 4 is 17.6 Å². The van der Waals surface area contributed by atoms with E-state index in [1.807, 2.05) is 11.8 Å². The molecule has 1 fully saturated rings. The second-order valence-electron chi connectivity index (χ2n) is 4.40. The molecule has 0 aliphatic carbocycles. The van der Waals surface area contributed by atoms with Crippen LogP contribution in [0.5, 0.6) is 0 Å². The van der Waals surface area contributed by atoms with Crippen LogP contribution in [0.25, 0.3) is 0 Å². The Bertz CT molecular complexity index is 490. The predicted octanol–water partition coefficient (Wildman–Crippen LogP) is 1.18. The van der Waals surface area contributed by atoms with E-state index >= 15 is 0 Å². The number of nitrogens with zero attached hydrogens (tertiary/aromatic N) is 4. The zero-order valence-electron chi connectivity index (χ0n) is 10.4. The fraction of sp³-hybridized carbons (Fsp3) is 0.455. The first-order valence-corrected chi connectivity index (χ1v) is 5.84. The highest BCUT2D eigenvalue weighted by Gasteiger charge is 2.27. The molecule has 102 valence electrons. The lowest BCUT2D eigenvalue weighted by molar-refractivity contribution is -0.385. The van der Waals surface area contributed by atoms with Crippen LogP contribution in [0.4, 0.5) is 16.3 Å². The van der Waals surface area contributed by atoms with Crippen LogP contribution in [0.3, 0.4) is 0 Å². The van der Waals surface area contributed by atoms with Crippen molar-refractivity contribution < 1.29 is 14.8 Å². The number of carbonyl (C=O) groups is 1. The number of amides is 1. The molecule has 0 radical (unpaired) electrons. The topological polar surface area (TPSA) is 99.8 Å². The van der Waals surface area contributed by atoms with Gasteiger partial charge in [-0.3, -0.25) is 10.1 Å². The van der Waals surface area contributed by atoms with Gasteiger partial charge >= 0.3 is 6.09 Å². The maximum absolute atomic E-state index is 10.9. The van der Waals surface area contributed by atoms with Crippen molar-refractivity contribution in [2.24, 2.45) is 0 Å². The Morgan fingerprint density at radius 2 is 2.26 bits per heavy atom. The summed E-state index contributed by atoms with van der Waals surface area (Å²) in [7, 11) is 0. The third-order valence-electron chi connectivity index (χ3n) is 3.14. The highest BCUT2D eigenvalue weighted by Crippen LogP contribution is 2.19. The van der Waals surface area contributed by atoms with Gasteiger partial charge in [0.2, 0.25) is 0 Å². The van der Waals surface area contributed by atoms with E-state index in [4.69, 9.17) is 5.11 Å². The van der Waals surface area contributed by atoms with Crippen LogP contribution in [0.15, 0.2) is 18.3 Å². The van der Waals surface area contributed by atoms with Gasteiger partial charge in [-0.25, -0.2) is 9.78 Å². The largest absolute Gasteiger partial charge is 0.465 e. The summed E-state index contributed by atoms with van der Waals surface area (Å²) in [5.74, 6) is 0.627. The van der Waals surface area contributed by atoms with Crippen LogP contribution in [0.1, 0.15) is 6.92 Å². The number of piperazine rings is 1. The number of hydrogen-bond acceptors (Lipinski definition) is 5. The molecule has 1 amide bonds. The Morgan fingerprint density at radius 3 is 2.74 bits per heavy atom. The van der Waals surface area contributed by atoms with E-state index in [1.165, 1.54) is 17.2 Å². The minimum Gasteiger partial charge on any atom is -0.465 e. The van der Waals surface area contributed by atoms with Crippen LogP contribution in [-0.2, 0) is 0 Å². The molecule has 1 aromatic heterocycles. The lowest BCUT2D eigenvalue weighted by Crippen LogP contribution is -2.53. The van der Waals surface area contributed by atoms with E-state index in [2.05, 4.69) is 4.98 Å². The third-order valence-corrected chi connectivity index (χ3v) is 3.14. The molecular weight excluding hydrogens is 252 g/mol. The summed E-state index contributed by atoms with van der Waals surface area (Å²) in [5, 5.41) is 19.5. The maximum Gasteiger partial charge on any atom is 0.407 e. The van der Waals surface area contributed by atoms with E-state index in [9.17, 15) is 14.9 Å². The fourth-order valence-electron chi connectivity index (χ4n) is 2.12. The normalized spacial score (nSPS) is 19.3. The molecule has 1 aliphatic heterocycles. The van der Waals surface area contributed by atoms with Crippen LogP contribution >= 0.6 is 0 Å². The van der Waals surface area contributed by atoms with Crippen LogP contribution in [0, 0.1) is 10.1 Å². The lowest BCUT2D eigenvalue weighted by atomic mass is 10.2. The predicted molar refractivity (Wildman–Crippen MR) is 67.3 cm³/mol. The Balaban J connectivity index is 2.08. The molecule has 8 nitrogen and oxygen atoms in total. The summed E-state index contributed by atoms with van der Waals surface area (Å²) in [6.07, 6.45) is 0.285. The van der Waals surface area contributed by atoms with Gasteiger partial charge in [0, 0.05) is 31.7 Å². The van der Waals surface area contributed by atoms with Gasteiger partial charge in [0.1, 0.15) is 12.0 Å². The molecule has 1 aromatic rings. The van der Waals surface area contributed by atoms with E-state index < -0.39 is 11.0 Å². The van der Waals surface area contributed by atoms with Gasteiger partial charge in [0.25, 0.3) is 5.69 Å². The van der Waals surface area contributed by atoms with Crippen molar-refractivity contribution in [3.8, 4) is 0 Å². The van der Waals surface area contributed by atoms with Crippen LogP contribution in [-0.4, -0.2) is 51.7 Å². The highest BCUT2D eigenvalue weighted by atomic mass is 16.6. The van der Waals surface area contributed by atoms with E-state index in [0.717, 1.165) is 0 Å². The van der Waals surface area contributed by atoms with Gasteiger partial charge in [-0.1, -0.05) is 0 Å². The number of pyridine rings is 1. The second-order valence-corrected chi connectivity index (χ2v) is 4.40. The zero-order chi connectivity index (χ0) is 14.0. The van der Waals surface area contributed by atoms with E-state index in [0.29, 0.717) is 25.5 Å². The molecule has 1 N–H and O–H groups in total. The van der Waals surface area contributed by atoms with Crippen molar-refractivity contribution in [2.75, 3.05) is 24.5 Å². The third kappa shape index (κ3) is 2.72. The molecule has 1 saturated heterocycles. The molecule has 0 bridgehead atoms. The quantitative estimate of drug-likeness (QED) is 0.637. The van der Waals surface area contributed by atoms with Gasteiger partial charge in [0.15, 0.2) is 0 Å². The molecule has 0 saturated carbocycles. The summed E-state index contributed by atoms with van der Waals surface area (Å²) in [6, 6.07) is 2.85. The number of rotatable bonds is 2. The van der Waals surface area contributed by atoms with Gasteiger partial charge in [-0.05, 0) is 13.0 Å². The maximum atomic E-state index is 10.9. The Hall–Kier alpha value is -2.38. The van der Waals surface area contributed by atoms with Gasteiger partial charge in [-0.2, -0.15) is 0 Å². The smallest absolute Gasteiger partial charge is 0.407 e. The zero-order valence-corrected chi connectivity index (χ0v) is 10.4. The molecule has 19 heavy (non-hydrogen) atoms. The SMILES string of the molecule is C[C@@H]1CN(c2ccc([N+](=O)[O-])cn2)CCN1C(=O)O. The standard InChI is InChI=1S/C11H14N4O4/c1-8-7-13(4-5-14(8)11(16)17)10-3-2-9(6-12-10)15(18)19/h2-3,6,8H,4-5,7H2,1H3,(H,16,17)/t8-/m1/s1. The van der Waals surface area contributed by atoms with Crippen molar-refractivity contribution in [1.82, 2.24) is 9.88 Å². The first kappa shape index (κ1) is 13.1. The van der Waals surface area contributed by atoms with Crippen molar-refractivity contribution in [3.05, 3.63) is 28.4 Å². The number of anilines is 1. The van der Waals surface area contributed by atoms with Crippen LogP contribution in [0.2, 0.25) is 0 Å². The summed E-state index contributed by atoms with van der Waals surface area (Å²) in [6.45, 7) is 3.28. The van der Waals surface area contributed by atoms with Crippen molar-refractivity contribution in [1.29, 1.82) is 0 Å². The lowest BCUT2D eigenvalue weighted by Gasteiger charge is -2.38. The Morgan fingerprint density at radius 1 is 1.53 bits per heavy atom. The van der Waals surface area contributed by atoms with Gasteiger partial charge in [0.05, 0.1) is 4.92 Å². The molecule has 8 heteroatoms. The van der Waals surface area contributed by atoms with E-state index in [-0.39, 0.29) is 11.7 Å². The number of carboxylic acid groups (broad SMARTS) is 1. The molecule has 2 heterocycles. The molecule has 0 unspecified atom stereocenters. The highest BCUT2D eigenvalue weighted by molar-refractivity contribution is 5.66. The Kier molecular flexibility index (Phi) is 3.50. The summed E-state index contributed by atoms with van der Waals surface area (Å²) >= 11 is 0. The van der Waals surface area contributed by atoms with E-state index in [1.54, 1.807) is 6.07 Å². The monoisotopic (exact) mass is 266 g/mol. The molecular formula is C11H14N4O4. The summed E-state index contributed by atoms with van der Waals surface area (Å²) < 4.78 is 0. The van der Waals surface area contributed by atoms with Crippen molar-refractivity contribution in [3.63, 3.8) is 0 Å². The van der Waals surface area contributed by atoms with Crippen LogP contribution < -0.4 is 4.90 Å². The second kappa shape index (κ2) is 5.09. The van der Waals surface area contributed by atoms with Crippen molar-refractivity contribution in [2.45, 2.75) is 13.0 Å². The van der Waals surface area contributed by atoms with Gasteiger partial charge in [-0.15, -0.1) is 0 Å². The fourth-order valence-corrected chi connectivity index (χ4v) is 2.12. The first-order chi connectivity index (χ1) is 8.99. The summed E-state index contributed by atoms with van der Waals surface area (Å²) in [5.41, 5.74) is -0.0547. The Labute approximate surface area is 109 Å². The first-order valence-electron chi connectivity index (χ1n) is 5.84. The minimum absolute atomic E-state index is 0.0547. The number of hydrogen-bond donors (Lipinski definition) is 1. The molecule has 0 aromatic carbocycles. The molecule has 1 aliphatic rings. The summed E-state index contributed by atoms with van der Waals surface area (Å²) in [4.78, 5) is 28.3. The molecule has 2 rings (SSSR count). The molecule has 1 atom stereocenters. The number of aromatic nitrogens is 1. The van der Waals surface area contributed by atoms with Gasteiger partial charge < -0.3 is 14.9 Å². The minimum atomic E-state index is -0.927. The molecule has 0 spiro atoms.